The first kappa shape index (κ1) is 15.8. The maximum absolute atomic E-state index is 11.0. The largest absolute Gasteiger partial charge is 0.463 e. The lowest BCUT2D eigenvalue weighted by Crippen LogP contribution is -2.64. The van der Waals surface area contributed by atoms with Crippen LogP contribution < -0.4 is 5.32 Å². The Bertz CT molecular complexity index is 335. The fraction of sp³-hybridized carbons (Fsp3) is 0.800. The van der Waals surface area contributed by atoms with Crippen LogP contribution >= 0.6 is 0 Å². The normalized spacial score (nSPS) is 34.7. The number of aliphatic hydroxyl groups excluding tert-OH is 4. The summed E-state index contributed by atoms with van der Waals surface area (Å²) in [7, 11) is 0. The second-order valence-electron chi connectivity index (χ2n) is 4.10. The number of hydrogen-bond donors (Lipinski definition) is 5. The molecule has 1 rings (SSSR count). The predicted octanol–water partition coefficient (Wildman–Crippen LogP) is -3.53. The first-order valence-corrected chi connectivity index (χ1v) is 5.60. The third-order valence-corrected chi connectivity index (χ3v) is 2.64. The van der Waals surface area contributed by atoms with Gasteiger partial charge in [0.1, 0.15) is 37.6 Å². The van der Waals surface area contributed by atoms with E-state index in [4.69, 9.17) is 9.84 Å². The van der Waals surface area contributed by atoms with Crippen LogP contribution in [0.4, 0.5) is 0 Å². The van der Waals surface area contributed by atoms with Gasteiger partial charge in [-0.3, -0.25) is 9.59 Å². The van der Waals surface area contributed by atoms with Crippen LogP contribution in [0.25, 0.3) is 0 Å². The molecule has 1 amide bonds. The van der Waals surface area contributed by atoms with Crippen LogP contribution in [-0.4, -0.2) is 76.2 Å². The topological polar surface area (TPSA) is 146 Å². The first-order valence-electron chi connectivity index (χ1n) is 5.60. The molecule has 5 N–H and O–H groups in total. The van der Waals surface area contributed by atoms with E-state index in [1.165, 1.54) is 0 Å². The van der Waals surface area contributed by atoms with Crippen molar-refractivity contribution in [2.75, 3.05) is 13.2 Å². The highest BCUT2D eigenvalue weighted by Crippen LogP contribution is 2.20. The number of amides is 1. The average Bonchev–Trinajstić information content (AvgIpc) is 2.36. The molecule has 19 heavy (non-hydrogen) atoms. The molecule has 1 heterocycles. The molecule has 0 aromatic heterocycles. The average molecular weight is 279 g/mol. The summed E-state index contributed by atoms with van der Waals surface area (Å²) in [5.74, 6) is -1.44. The summed E-state index contributed by atoms with van der Waals surface area (Å²) in [5, 5.41) is 39.8. The molecule has 1 saturated heterocycles. The second-order valence-corrected chi connectivity index (χ2v) is 4.10. The van der Waals surface area contributed by atoms with Crippen molar-refractivity contribution in [3.8, 4) is 0 Å². The van der Waals surface area contributed by atoms with E-state index in [-0.39, 0.29) is 6.61 Å². The Morgan fingerprint density at radius 2 is 1.89 bits per heavy atom. The van der Waals surface area contributed by atoms with Crippen molar-refractivity contribution in [1.29, 1.82) is 0 Å². The highest BCUT2D eigenvalue weighted by Gasteiger charge is 2.44. The second kappa shape index (κ2) is 6.78. The van der Waals surface area contributed by atoms with Gasteiger partial charge < -0.3 is 35.2 Å². The quantitative estimate of drug-likeness (QED) is 0.333. The standard InChI is InChI=1S/C10H17NO8/c1-4(13)18-3-5-8(15)9(16)7(10(17)19-5)11-6(14)2-12/h5,7-10,12,15-17H,2-3H2,1H3,(H,11,14)/t5-,7-,8-,9-,10?/m1/s1. The Hall–Kier alpha value is -1.26. The van der Waals surface area contributed by atoms with E-state index in [0.717, 1.165) is 6.92 Å². The Balaban J connectivity index is 2.64. The number of ether oxygens (including phenoxy) is 2. The third-order valence-electron chi connectivity index (χ3n) is 2.64. The van der Waals surface area contributed by atoms with Gasteiger partial charge in [0.15, 0.2) is 6.29 Å². The number of hydrogen-bond acceptors (Lipinski definition) is 8. The van der Waals surface area contributed by atoms with Crippen LogP contribution in [-0.2, 0) is 19.1 Å². The zero-order valence-corrected chi connectivity index (χ0v) is 10.2. The molecule has 0 aromatic rings. The van der Waals surface area contributed by atoms with Gasteiger partial charge in [-0.15, -0.1) is 0 Å². The monoisotopic (exact) mass is 279 g/mol. The SMILES string of the molecule is CC(=O)OC[C@H]1OC(O)[C@H](NC(=O)CO)[C@@H](O)[C@@H]1O. The van der Waals surface area contributed by atoms with Gasteiger partial charge >= 0.3 is 5.97 Å². The van der Waals surface area contributed by atoms with Gasteiger partial charge in [0.2, 0.25) is 5.91 Å². The molecule has 0 saturated carbocycles. The number of nitrogens with one attached hydrogen (secondary N) is 1. The lowest BCUT2D eigenvalue weighted by atomic mass is 9.97. The zero-order valence-electron chi connectivity index (χ0n) is 10.2. The van der Waals surface area contributed by atoms with Crippen molar-refractivity contribution >= 4 is 11.9 Å². The summed E-state index contributed by atoms with van der Waals surface area (Å²) in [4.78, 5) is 21.6. The Labute approximate surface area is 108 Å². The van der Waals surface area contributed by atoms with E-state index < -0.39 is 49.1 Å². The molecular formula is C10H17NO8. The maximum Gasteiger partial charge on any atom is 0.302 e. The van der Waals surface area contributed by atoms with Crippen LogP contribution in [0, 0.1) is 0 Å². The fourth-order valence-corrected chi connectivity index (χ4v) is 1.67. The van der Waals surface area contributed by atoms with Gasteiger partial charge in [-0.25, -0.2) is 0 Å². The molecule has 0 aliphatic carbocycles. The van der Waals surface area contributed by atoms with Crippen LogP contribution in [0.1, 0.15) is 6.92 Å². The van der Waals surface area contributed by atoms with Crippen LogP contribution in [0.15, 0.2) is 0 Å². The molecule has 110 valence electrons. The van der Waals surface area contributed by atoms with E-state index in [0.29, 0.717) is 0 Å². The summed E-state index contributed by atoms with van der Waals surface area (Å²) in [6, 6.07) is -1.29. The van der Waals surface area contributed by atoms with Gasteiger partial charge in [0.25, 0.3) is 0 Å². The maximum atomic E-state index is 11.0. The van der Waals surface area contributed by atoms with Crippen molar-refractivity contribution in [2.45, 2.75) is 37.6 Å². The minimum atomic E-state index is -1.60. The fourth-order valence-electron chi connectivity index (χ4n) is 1.67. The molecular weight excluding hydrogens is 262 g/mol. The van der Waals surface area contributed by atoms with Crippen LogP contribution in [0.2, 0.25) is 0 Å². The lowest BCUT2D eigenvalue weighted by molar-refractivity contribution is -0.255. The molecule has 0 spiro atoms. The highest BCUT2D eigenvalue weighted by atomic mass is 16.6. The van der Waals surface area contributed by atoms with Crippen LogP contribution in [0.3, 0.4) is 0 Å². The van der Waals surface area contributed by atoms with Gasteiger partial charge in [0, 0.05) is 6.92 Å². The van der Waals surface area contributed by atoms with Crippen molar-refractivity contribution in [3.63, 3.8) is 0 Å². The van der Waals surface area contributed by atoms with Gasteiger partial charge in [-0.1, -0.05) is 0 Å². The Morgan fingerprint density at radius 1 is 1.26 bits per heavy atom. The van der Waals surface area contributed by atoms with E-state index in [1.54, 1.807) is 0 Å². The summed E-state index contributed by atoms with van der Waals surface area (Å²) in [6.07, 6.45) is -5.71. The Kier molecular flexibility index (Phi) is 5.63. The molecule has 1 unspecified atom stereocenters. The molecule has 1 fully saturated rings. The molecule has 0 radical (unpaired) electrons. The van der Waals surface area contributed by atoms with Crippen LogP contribution in [0.5, 0.6) is 0 Å². The number of esters is 1. The molecule has 9 heteroatoms. The number of aliphatic hydroxyl groups is 4. The van der Waals surface area contributed by atoms with Crippen molar-refractivity contribution in [3.05, 3.63) is 0 Å². The minimum absolute atomic E-state index is 0.342. The summed E-state index contributed by atoms with van der Waals surface area (Å²) >= 11 is 0. The van der Waals surface area contributed by atoms with E-state index >= 15 is 0 Å². The van der Waals surface area contributed by atoms with Crippen molar-refractivity contribution in [2.24, 2.45) is 0 Å². The summed E-state index contributed by atoms with van der Waals surface area (Å²) < 4.78 is 9.56. The van der Waals surface area contributed by atoms with Gasteiger partial charge in [0.05, 0.1) is 0 Å². The zero-order chi connectivity index (χ0) is 14.6. The van der Waals surface area contributed by atoms with Gasteiger partial charge in [-0.2, -0.15) is 0 Å². The summed E-state index contributed by atoms with van der Waals surface area (Å²) in [6.45, 7) is -0.0134. The highest BCUT2D eigenvalue weighted by molar-refractivity contribution is 5.77. The minimum Gasteiger partial charge on any atom is -0.463 e. The lowest BCUT2D eigenvalue weighted by Gasteiger charge is -2.40. The molecule has 0 aromatic carbocycles. The number of rotatable bonds is 4. The van der Waals surface area contributed by atoms with E-state index in [9.17, 15) is 24.9 Å². The molecule has 0 bridgehead atoms. The molecule has 5 atom stereocenters. The molecule has 1 aliphatic heterocycles. The van der Waals surface area contributed by atoms with Gasteiger partial charge in [-0.05, 0) is 0 Å². The predicted molar refractivity (Wildman–Crippen MR) is 58.5 cm³/mol. The van der Waals surface area contributed by atoms with Crippen molar-refractivity contribution < 1.29 is 39.5 Å². The third kappa shape index (κ3) is 4.11. The van der Waals surface area contributed by atoms with Crippen molar-refractivity contribution in [1.82, 2.24) is 5.32 Å². The molecule has 1 aliphatic rings. The number of carbonyl (C=O) groups excluding carboxylic acids is 2. The van der Waals surface area contributed by atoms with E-state index in [1.807, 2.05) is 0 Å². The Morgan fingerprint density at radius 3 is 2.42 bits per heavy atom. The first-order chi connectivity index (χ1) is 8.86. The van der Waals surface area contributed by atoms with E-state index in [2.05, 4.69) is 10.1 Å². The smallest absolute Gasteiger partial charge is 0.302 e. The molecule has 9 nitrogen and oxygen atoms in total. The summed E-state index contributed by atoms with van der Waals surface area (Å²) in [5.41, 5.74) is 0. The number of carbonyl (C=O) groups is 2.